The van der Waals surface area contributed by atoms with Crippen LogP contribution in [0.4, 0.5) is 15.8 Å². The van der Waals surface area contributed by atoms with Crippen LogP contribution in [0.5, 0.6) is 5.75 Å². The van der Waals surface area contributed by atoms with Gasteiger partial charge in [0.15, 0.2) is 0 Å². The van der Waals surface area contributed by atoms with Crippen molar-refractivity contribution < 1.29 is 17.5 Å². The Hall–Kier alpha value is -2.28. The highest BCUT2D eigenvalue weighted by Gasteiger charge is 2.16. The molecule has 5 nitrogen and oxygen atoms in total. The molecule has 0 aromatic heterocycles. The Labute approximate surface area is 116 Å². The number of nitrogens with two attached hydrogens (primary N) is 1. The zero-order valence-corrected chi connectivity index (χ0v) is 11.4. The molecule has 0 amide bonds. The second-order valence-corrected chi connectivity index (χ2v) is 5.70. The first kappa shape index (κ1) is 14.1. The van der Waals surface area contributed by atoms with Crippen LogP contribution in [0.15, 0.2) is 47.4 Å². The summed E-state index contributed by atoms with van der Waals surface area (Å²) in [5, 5.41) is 0. The van der Waals surface area contributed by atoms with E-state index in [1.54, 1.807) is 6.07 Å². The molecule has 2 aromatic rings. The predicted octanol–water partition coefficient (Wildman–Crippen LogP) is 2.22. The first-order valence-electron chi connectivity index (χ1n) is 5.64. The average molecular weight is 296 g/mol. The minimum Gasteiger partial charge on any atom is -0.497 e. The molecule has 0 fully saturated rings. The van der Waals surface area contributed by atoms with E-state index in [2.05, 4.69) is 4.72 Å². The summed E-state index contributed by atoms with van der Waals surface area (Å²) >= 11 is 0. The van der Waals surface area contributed by atoms with Gasteiger partial charge in [-0.3, -0.25) is 4.72 Å². The minimum absolute atomic E-state index is 0.175. The Kier molecular flexibility index (Phi) is 3.80. The van der Waals surface area contributed by atoms with Crippen molar-refractivity contribution in [3.63, 3.8) is 0 Å². The summed E-state index contributed by atoms with van der Waals surface area (Å²) in [5.41, 5.74) is 6.12. The Morgan fingerprint density at radius 1 is 1.20 bits per heavy atom. The van der Waals surface area contributed by atoms with E-state index >= 15 is 0 Å². The van der Waals surface area contributed by atoms with Gasteiger partial charge >= 0.3 is 0 Å². The Morgan fingerprint density at radius 3 is 2.60 bits per heavy atom. The molecule has 0 atom stereocenters. The maximum Gasteiger partial charge on any atom is 0.262 e. The summed E-state index contributed by atoms with van der Waals surface area (Å²) < 4.78 is 44.7. The molecule has 2 aromatic carbocycles. The molecule has 0 heterocycles. The molecule has 0 radical (unpaired) electrons. The lowest BCUT2D eigenvalue weighted by molar-refractivity contribution is 0.415. The summed E-state index contributed by atoms with van der Waals surface area (Å²) in [7, 11) is -2.45. The first-order chi connectivity index (χ1) is 9.42. The fourth-order valence-corrected chi connectivity index (χ4v) is 2.70. The van der Waals surface area contributed by atoms with Crippen LogP contribution in [0, 0.1) is 5.82 Å². The van der Waals surface area contributed by atoms with E-state index in [-0.39, 0.29) is 16.3 Å². The van der Waals surface area contributed by atoms with Crippen LogP contribution in [-0.4, -0.2) is 15.5 Å². The number of sulfonamides is 1. The third kappa shape index (κ3) is 3.00. The SMILES string of the molecule is COc1ccc(N)c(NS(=O)(=O)c2cccc(F)c2)c1. The van der Waals surface area contributed by atoms with Gasteiger partial charge < -0.3 is 10.5 Å². The number of nitrogen functional groups attached to an aromatic ring is 1. The van der Waals surface area contributed by atoms with Crippen molar-refractivity contribution in [3.8, 4) is 5.75 Å². The summed E-state index contributed by atoms with van der Waals surface area (Å²) in [6, 6.07) is 9.28. The molecule has 0 aliphatic rings. The van der Waals surface area contributed by atoms with Gasteiger partial charge in [0.1, 0.15) is 11.6 Å². The summed E-state index contributed by atoms with van der Waals surface area (Å²) in [6.07, 6.45) is 0. The zero-order chi connectivity index (χ0) is 14.8. The standard InChI is InChI=1S/C13H13FN2O3S/c1-19-10-5-6-12(15)13(8-10)16-20(17,18)11-4-2-3-9(14)7-11/h2-8,16H,15H2,1H3. The lowest BCUT2D eigenvalue weighted by Gasteiger charge is -2.11. The smallest absolute Gasteiger partial charge is 0.262 e. The van der Waals surface area contributed by atoms with E-state index in [1.807, 2.05) is 0 Å². The maximum atomic E-state index is 13.1. The number of halogens is 1. The van der Waals surface area contributed by atoms with Gasteiger partial charge in [0.25, 0.3) is 10.0 Å². The van der Waals surface area contributed by atoms with Crippen molar-refractivity contribution in [3.05, 3.63) is 48.3 Å². The normalized spacial score (nSPS) is 11.1. The Morgan fingerprint density at radius 2 is 1.95 bits per heavy atom. The molecule has 2 rings (SSSR count). The number of anilines is 2. The van der Waals surface area contributed by atoms with Crippen molar-refractivity contribution in [1.82, 2.24) is 0 Å². The van der Waals surface area contributed by atoms with E-state index < -0.39 is 15.8 Å². The number of benzene rings is 2. The van der Waals surface area contributed by atoms with Gasteiger partial charge in [-0.25, -0.2) is 12.8 Å². The number of hydrogen-bond acceptors (Lipinski definition) is 4. The van der Waals surface area contributed by atoms with Gasteiger partial charge in [0.05, 0.1) is 23.4 Å². The van der Waals surface area contributed by atoms with Crippen LogP contribution in [0.3, 0.4) is 0 Å². The molecular weight excluding hydrogens is 283 g/mol. The molecule has 3 N–H and O–H groups in total. The molecular formula is C13H13FN2O3S. The van der Waals surface area contributed by atoms with Crippen molar-refractivity contribution in [2.24, 2.45) is 0 Å². The van der Waals surface area contributed by atoms with E-state index in [4.69, 9.17) is 10.5 Å². The topological polar surface area (TPSA) is 81.4 Å². The second-order valence-electron chi connectivity index (χ2n) is 4.02. The highest BCUT2D eigenvalue weighted by molar-refractivity contribution is 7.92. The van der Waals surface area contributed by atoms with E-state index in [0.29, 0.717) is 5.75 Å². The van der Waals surface area contributed by atoms with Crippen LogP contribution in [-0.2, 0) is 10.0 Å². The van der Waals surface area contributed by atoms with Gasteiger partial charge in [-0.1, -0.05) is 6.07 Å². The number of hydrogen-bond donors (Lipinski definition) is 2. The van der Waals surface area contributed by atoms with Gasteiger partial charge in [-0.2, -0.15) is 0 Å². The van der Waals surface area contributed by atoms with Crippen LogP contribution in [0.2, 0.25) is 0 Å². The Bertz CT molecular complexity index is 732. The van der Waals surface area contributed by atoms with Crippen LogP contribution >= 0.6 is 0 Å². The van der Waals surface area contributed by atoms with Gasteiger partial charge in [0.2, 0.25) is 0 Å². The Balaban J connectivity index is 2.38. The van der Waals surface area contributed by atoms with Crippen molar-refractivity contribution in [2.45, 2.75) is 4.90 Å². The summed E-state index contributed by atoms with van der Waals surface area (Å²) in [5.74, 6) is -0.178. The number of ether oxygens (including phenoxy) is 1. The lowest BCUT2D eigenvalue weighted by atomic mass is 10.2. The molecule has 0 spiro atoms. The fraction of sp³-hybridized carbons (Fsp3) is 0.0769. The quantitative estimate of drug-likeness (QED) is 0.848. The average Bonchev–Trinajstić information content (AvgIpc) is 2.41. The highest BCUT2D eigenvalue weighted by Crippen LogP contribution is 2.26. The highest BCUT2D eigenvalue weighted by atomic mass is 32.2. The molecule has 20 heavy (non-hydrogen) atoms. The van der Waals surface area contributed by atoms with Crippen LogP contribution < -0.4 is 15.2 Å². The second kappa shape index (κ2) is 5.38. The summed E-state index contributed by atoms with van der Waals surface area (Å²) in [6.45, 7) is 0. The number of rotatable bonds is 4. The molecule has 0 saturated heterocycles. The van der Waals surface area contributed by atoms with Crippen molar-refractivity contribution >= 4 is 21.4 Å². The maximum absolute atomic E-state index is 13.1. The molecule has 0 saturated carbocycles. The summed E-state index contributed by atoms with van der Waals surface area (Å²) in [4.78, 5) is -0.181. The van der Waals surface area contributed by atoms with E-state index in [9.17, 15) is 12.8 Å². The zero-order valence-electron chi connectivity index (χ0n) is 10.6. The monoisotopic (exact) mass is 296 g/mol. The third-order valence-electron chi connectivity index (χ3n) is 2.61. The lowest BCUT2D eigenvalue weighted by Crippen LogP contribution is -2.14. The predicted molar refractivity (Wildman–Crippen MR) is 74.6 cm³/mol. The molecule has 7 heteroatoms. The molecule has 0 unspecified atom stereocenters. The third-order valence-corrected chi connectivity index (χ3v) is 3.97. The first-order valence-corrected chi connectivity index (χ1v) is 7.12. The van der Waals surface area contributed by atoms with Crippen LogP contribution in [0.1, 0.15) is 0 Å². The van der Waals surface area contributed by atoms with Gasteiger partial charge in [-0.15, -0.1) is 0 Å². The van der Waals surface area contributed by atoms with Gasteiger partial charge in [0, 0.05) is 6.07 Å². The number of nitrogens with one attached hydrogen (secondary N) is 1. The molecule has 0 aliphatic heterocycles. The molecule has 0 aliphatic carbocycles. The van der Waals surface area contributed by atoms with Gasteiger partial charge in [-0.05, 0) is 30.3 Å². The van der Waals surface area contributed by atoms with Crippen LogP contribution in [0.25, 0.3) is 0 Å². The fourth-order valence-electron chi connectivity index (χ4n) is 1.59. The van der Waals surface area contributed by atoms with Crippen molar-refractivity contribution in [1.29, 1.82) is 0 Å². The van der Waals surface area contributed by atoms with E-state index in [0.717, 1.165) is 6.07 Å². The largest absolute Gasteiger partial charge is 0.497 e. The van der Waals surface area contributed by atoms with E-state index in [1.165, 1.54) is 37.4 Å². The number of methoxy groups -OCH3 is 1. The minimum atomic E-state index is -3.91. The molecule has 0 bridgehead atoms. The molecule has 106 valence electrons. The van der Waals surface area contributed by atoms with Crippen molar-refractivity contribution in [2.75, 3.05) is 17.6 Å².